The zero-order chi connectivity index (χ0) is 14.5. The molecule has 8 nitrogen and oxygen atoms in total. The van der Waals surface area contributed by atoms with Crippen LogP contribution in [0.15, 0.2) is 17.4 Å². The Morgan fingerprint density at radius 2 is 2.10 bits per heavy atom. The second-order valence-corrected chi connectivity index (χ2v) is 4.23. The standard InChI is InChI=1S/C12H17N5O3/c1-3-16-7-14-10-11(16)15-8-17(12(10)19)5-4-13-9(18)6-20-2/h7-8H,3-6H2,1-2H3,(H,13,18). The molecule has 0 radical (unpaired) electrons. The number of carbonyl (C=O) groups is 1. The molecule has 1 amide bonds. The van der Waals surface area contributed by atoms with Crippen molar-refractivity contribution in [3.8, 4) is 0 Å². The van der Waals surface area contributed by atoms with Crippen molar-refractivity contribution in [2.24, 2.45) is 0 Å². The molecule has 0 unspecified atom stereocenters. The first-order valence-corrected chi connectivity index (χ1v) is 6.33. The lowest BCUT2D eigenvalue weighted by Crippen LogP contribution is -2.33. The highest BCUT2D eigenvalue weighted by atomic mass is 16.5. The number of hydrogen-bond acceptors (Lipinski definition) is 5. The third-order valence-electron chi connectivity index (χ3n) is 2.88. The van der Waals surface area contributed by atoms with E-state index in [9.17, 15) is 9.59 Å². The molecule has 8 heteroatoms. The number of nitrogens with zero attached hydrogens (tertiary/aromatic N) is 4. The zero-order valence-electron chi connectivity index (χ0n) is 11.5. The summed E-state index contributed by atoms with van der Waals surface area (Å²) in [5.74, 6) is -0.218. The summed E-state index contributed by atoms with van der Waals surface area (Å²) in [6.07, 6.45) is 3.07. The van der Waals surface area contributed by atoms with Gasteiger partial charge in [0, 0.05) is 26.7 Å². The molecule has 1 N–H and O–H groups in total. The third kappa shape index (κ3) is 2.85. The molecule has 2 rings (SSSR count). The Hall–Kier alpha value is -2.22. The van der Waals surface area contributed by atoms with Gasteiger partial charge >= 0.3 is 0 Å². The predicted molar refractivity (Wildman–Crippen MR) is 72.3 cm³/mol. The first-order valence-electron chi connectivity index (χ1n) is 6.33. The average molecular weight is 279 g/mol. The van der Waals surface area contributed by atoms with E-state index in [1.165, 1.54) is 18.0 Å². The van der Waals surface area contributed by atoms with Crippen LogP contribution in [0.25, 0.3) is 11.2 Å². The van der Waals surface area contributed by atoms with Crippen LogP contribution >= 0.6 is 0 Å². The van der Waals surface area contributed by atoms with Gasteiger partial charge in [-0.2, -0.15) is 0 Å². The molecule has 0 aliphatic rings. The summed E-state index contributed by atoms with van der Waals surface area (Å²) in [5.41, 5.74) is 0.720. The molecule has 0 saturated carbocycles. The predicted octanol–water partition coefficient (Wildman–Crippen LogP) is -0.624. The van der Waals surface area contributed by atoms with Gasteiger partial charge in [-0.05, 0) is 6.92 Å². The number of methoxy groups -OCH3 is 1. The molecule has 0 spiro atoms. The molecule has 20 heavy (non-hydrogen) atoms. The van der Waals surface area contributed by atoms with Crippen LogP contribution in [0, 0.1) is 0 Å². The Bertz CT molecular complexity index is 661. The maximum Gasteiger partial charge on any atom is 0.281 e. The Morgan fingerprint density at radius 1 is 1.35 bits per heavy atom. The van der Waals surface area contributed by atoms with E-state index in [0.717, 1.165) is 0 Å². The van der Waals surface area contributed by atoms with E-state index in [-0.39, 0.29) is 18.1 Å². The number of ether oxygens (including phenoxy) is 1. The van der Waals surface area contributed by atoms with Crippen molar-refractivity contribution in [3.63, 3.8) is 0 Å². The fourth-order valence-electron chi connectivity index (χ4n) is 1.86. The van der Waals surface area contributed by atoms with Crippen LogP contribution in [-0.4, -0.2) is 45.3 Å². The van der Waals surface area contributed by atoms with Crippen molar-refractivity contribution in [1.82, 2.24) is 24.4 Å². The van der Waals surface area contributed by atoms with Gasteiger partial charge in [0.15, 0.2) is 11.2 Å². The maximum atomic E-state index is 12.2. The summed E-state index contributed by atoms with van der Waals surface area (Å²) in [4.78, 5) is 31.7. The largest absolute Gasteiger partial charge is 0.375 e. The number of fused-ring (bicyclic) bond motifs is 1. The summed E-state index contributed by atoms with van der Waals surface area (Å²) in [6.45, 7) is 3.35. The monoisotopic (exact) mass is 279 g/mol. The minimum atomic E-state index is -0.218. The van der Waals surface area contributed by atoms with Crippen LogP contribution in [0.4, 0.5) is 0 Å². The highest BCUT2D eigenvalue weighted by Gasteiger charge is 2.09. The molecule has 108 valence electrons. The number of amides is 1. The second-order valence-electron chi connectivity index (χ2n) is 4.23. The zero-order valence-corrected chi connectivity index (χ0v) is 11.5. The molecule has 0 aliphatic carbocycles. The normalized spacial score (nSPS) is 10.9. The Kier molecular flexibility index (Phi) is 4.46. The number of rotatable bonds is 6. The van der Waals surface area contributed by atoms with Crippen molar-refractivity contribution in [2.75, 3.05) is 20.3 Å². The van der Waals surface area contributed by atoms with Crippen LogP contribution in [0.1, 0.15) is 6.92 Å². The molecule has 2 aromatic rings. The highest BCUT2D eigenvalue weighted by Crippen LogP contribution is 2.03. The number of hydrogen-bond donors (Lipinski definition) is 1. The fourth-order valence-corrected chi connectivity index (χ4v) is 1.86. The summed E-state index contributed by atoms with van der Waals surface area (Å²) < 4.78 is 7.94. The Balaban J connectivity index is 2.10. The number of carbonyl (C=O) groups excluding carboxylic acids is 1. The first kappa shape index (κ1) is 14.2. The lowest BCUT2D eigenvalue weighted by Gasteiger charge is -2.07. The van der Waals surface area contributed by atoms with E-state index >= 15 is 0 Å². The first-order chi connectivity index (χ1) is 9.67. The smallest absolute Gasteiger partial charge is 0.281 e. The number of aryl methyl sites for hydroxylation is 1. The van der Waals surface area contributed by atoms with Crippen LogP contribution in [0.2, 0.25) is 0 Å². The molecular formula is C12H17N5O3. The van der Waals surface area contributed by atoms with Crippen molar-refractivity contribution in [3.05, 3.63) is 23.0 Å². The van der Waals surface area contributed by atoms with Crippen LogP contribution in [0.3, 0.4) is 0 Å². The summed E-state index contributed by atoms with van der Waals surface area (Å²) in [5, 5.41) is 2.65. The van der Waals surface area contributed by atoms with Crippen LogP contribution in [-0.2, 0) is 22.6 Å². The molecule has 0 aliphatic heterocycles. The Morgan fingerprint density at radius 3 is 2.80 bits per heavy atom. The van der Waals surface area contributed by atoms with E-state index in [2.05, 4.69) is 15.3 Å². The molecule has 0 aromatic carbocycles. The van der Waals surface area contributed by atoms with Gasteiger partial charge in [0.25, 0.3) is 5.56 Å². The van der Waals surface area contributed by atoms with E-state index in [1.54, 1.807) is 10.9 Å². The topological polar surface area (TPSA) is 91.0 Å². The van der Waals surface area contributed by atoms with Crippen molar-refractivity contribution in [2.45, 2.75) is 20.0 Å². The van der Waals surface area contributed by atoms with Gasteiger partial charge in [0.1, 0.15) is 12.9 Å². The van der Waals surface area contributed by atoms with E-state index in [1.807, 2.05) is 6.92 Å². The summed E-state index contributed by atoms with van der Waals surface area (Å²) in [7, 11) is 1.45. The minimum absolute atomic E-state index is 0.00703. The van der Waals surface area contributed by atoms with E-state index in [0.29, 0.717) is 30.8 Å². The van der Waals surface area contributed by atoms with Crippen molar-refractivity contribution < 1.29 is 9.53 Å². The number of nitrogens with one attached hydrogen (secondary N) is 1. The Labute approximate surface area is 115 Å². The summed E-state index contributed by atoms with van der Waals surface area (Å²) in [6, 6.07) is 0. The number of imidazole rings is 1. The van der Waals surface area contributed by atoms with Gasteiger partial charge in [-0.3, -0.25) is 14.2 Å². The second kappa shape index (κ2) is 6.29. The number of aromatic nitrogens is 4. The third-order valence-corrected chi connectivity index (χ3v) is 2.88. The van der Waals surface area contributed by atoms with E-state index in [4.69, 9.17) is 4.74 Å². The van der Waals surface area contributed by atoms with Gasteiger partial charge in [0.05, 0.1) is 6.33 Å². The molecule has 0 atom stereocenters. The van der Waals surface area contributed by atoms with Gasteiger partial charge in [-0.15, -0.1) is 0 Å². The lowest BCUT2D eigenvalue weighted by molar-refractivity contribution is -0.124. The van der Waals surface area contributed by atoms with Gasteiger partial charge < -0.3 is 14.6 Å². The van der Waals surface area contributed by atoms with Crippen molar-refractivity contribution >= 4 is 17.1 Å². The average Bonchev–Trinajstić information content (AvgIpc) is 2.85. The van der Waals surface area contributed by atoms with Crippen molar-refractivity contribution in [1.29, 1.82) is 0 Å². The molecule has 0 bridgehead atoms. The molecular weight excluding hydrogens is 262 g/mol. The molecule has 0 fully saturated rings. The van der Waals surface area contributed by atoms with Crippen LogP contribution in [0.5, 0.6) is 0 Å². The van der Waals surface area contributed by atoms with Crippen LogP contribution < -0.4 is 10.9 Å². The molecule has 2 aromatic heterocycles. The molecule has 0 saturated heterocycles. The lowest BCUT2D eigenvalue weighted by atomic mass is 10.5. The summed E-state index contributed by atoms with van der Waals surface area (Å²) >= 11 is 0. The maximum absolute atomic E-state index is 12.2. The highest BCUT2D eigenvalue weighted by molar-refractivity contribution is 5.77. The van der Waals surface area contributed by atoms with Gasteiger partial charge in [-0.25, -0.2) is 9.97 Å². The minimum Gasteiger partial charge on any atom is -0.375 e. The quantitative estimate of drug-likeness (QED) is 0.760. The van der Waals surface area contributed by atoms with Gasteiger partial charge in [0.2, 0.25) is 5.91 Å². The SMILES string of the molecule is CCn1cnc2c(=O)n(CCNC(=O)COC)cnc21. The van der Waals surface area contributed by atoms with E-state index < -0.39 is 0 Å². The molecule has 2 heterocycles. The fraction of sp³-hybridized carbons (Fsp3) is 0.500. The van der Waals surface area contributed by atoms with Gasteiger partial charge in [-0.1, -0.05) is 0 Å².